The van der Waals surface area contributed by atoms with Crippen LogP contribution in [0.3, 0.4) is 0 Å². The van der Waals surface area contributed by atoms with Gasteiger partial charge in [0.05, 0.1) is 17.9 Å². The van der Waals surface area contributed by atoms with Crippen LogP contribution in [0, 0.1) is 23.7 Å². The number of rotatable bonds is 16. The first-order chi connectivity index (χ1) is 18.2. The SMILES string of the molecule is CCCCCC(=O)OC(C)CC(c1ccc(OC(=O)C(C)C(C)C)c(OC(=O)C(C)C(C)C)c1)[C@H](N)C(=O)O. The quantitative estimate of drug-likeness (QED) is 0.156. The summed E-state index contributed by atoms with van der Waals surface area (Å²) in [6, 6.07) is 3.23. The van der Waals surface area contributed by atoms with E-state index in [4.69, 9.17) is 19.9 Å². The molecule has 0 aliphatic heterocycles. The van der Waals surface area contributed by atoms with Crippen LogP contribution in [-0.2, 0) is 23.9 Å². The fraction of sp³-hybridized carbons (Fsp3) is 0.667. The average Bonchev–Trinajstić information content (AvgIpc) is 2.86. The summed E-state index contributed by atoms with van der Waals surface area (Å²) < 4.78 is 16.8. The zero-order valence-corrected chi connectivity index (χ0v) is 24.7. The second kappa shape index (κ2) is 16.2. The van der Waals surface area contributed by atoms with E-state index in [9.17, 15) is 24.3 Å². The molecular formula is C30H47NO8. The molecule has 0 radical (unpaired) electrons. The molecule has 9 heteroatoms. The number of aliphatic carboxylic acids is 1. The number of benzene rings is 1. The van der Waals surface area contributed by atoms with Crippen LogP contribution in [0.5, 0.6) is 11.5 Å². The molecule has 3 N–H and O–H groups in total. The number of hydrogen-bond acceptors (Lipinski definition) is 8. The van der Waals surface area contributed by atoms with E-state index in [0.29, 0.717) is 5.56 Å². The van der Waals surface area contributed by atoms with Crippen molar-refractivity contribution >= 4 is 23.9 Å². The van der Waals surface area contributed by atoms with Gasteiger partial charge in [-0.2, -0.15) is 0 Å². The molecule has 0 aromatic heterocycles. The number of carbonyl (C=O) groups excluding carboxylic acids is 3. The third-order valence-corrected chi connectivity index (χ3v) is 7.18. The number of esters is 3. The summed E-state index contributed by atoms with van der Waals surface area (Å²) in [4.78, 5) is 49.6. The lowest BCUT2D eigenvalue weighted by Gasteiger charge is -2.26. The Bertz CT molecular complexity index is 974. The molecule has 0 fully saturated rings. The Morgan fingerprint density at radius 1 is 0.846 bits per heavy atom. The van der Waals surface area contributed by atoms with Gasteiger partial charge in [-0.1, -0.05) is 67.4 Å². The lowest BCUT2D eigenvalue weighted by atomic mass is 9.87. The Labute approximate surface area is 232 Å². The van der Waals surface area contributed by atoms with Gasteiger partial charge in [-0.15, -0.1) is 0 Å². The van der Waals surface area contributed by atoms with E-state index in [1.807, 2.05) is 34.6 Å². The zero-order valence-electron chi connectivity index (χ0n) is 24.7. The number of hydrogen-bond donors (Lipinski definition) is 2. The predicted molar refractivity (Wildman–Crippen MR) is 148 cm³/mol. The Morgan fingerprint density at radius 3 is 1.87 bits per heavy atom. The van der Waals surface area contributed by atoms with Gasteiger partial charge in [-0.05, 0) is 49.3 Å². The number of carbonyl (C=O) groups is 4. The molecule has 0 aliphatic rings. The first kappa shape index (κ1) is 34.1. The fourth-order valence-electron chi connectivity index (χ4n) is 3.74. The highest BCUT2D eigenvalue weighted by Crippen LogP contribution is 2.36. The van der Waals surface area contributed by atoms with Gasteiger partial charge in [0.1, 0.15) is 6.04 Å². The largest absolute Gasteiger partial charge is 0.480 e. The highest BCUT2D eigenvalue weighted by molar-refractivity contribution is 5.79. The maximum absolute atomic E-state index is 12.8. The number of carboxylic acid groups (broad SMARTS) is 1. The van der Waals surface area contributed by atoms with Gasteiger partial charge in [0, 0.05) is 12.3 Å². The minimum atomic E-state index is -1.32. The minimum absolute atomic E-state index is 0.00103. The maximum Gasteiger partial charge on any atom is 0.321 e. The van der Waals surface area contributed by atoms with E-state index >= 15 is 0 Å². The Balaban J connectivity index is 3.37. The number of unbranched alkanes of at least 4 members (excludes halogenated alkanes) is 2. The molecule has 0 saturated heterocycles. The van der Waals surface area contributed by atoms with Gasteiger partial charge < -0.3 is 25.1 Å². The summed E-state index contributed by atoms with van der Waals surface area (Å²) in [6.07, 6.45) is 2.43. The highest BCUT2D eigenvalue weighted by atomic mass is 16.6. The molecule has 220 valence electrons. The second-order valence-electron chi connectivity index (χ2n) is 11.1. The fourth-order valence-corrected chi connectivity index (χ4v) is 3.74. The molecule has 5 atom stereocenters. The van der Waals surface area contributed by atoms with Crippen LogP contribution in [0.1, 0.15) is 99.0 Å². The molecular weight excluding hydrogens is 502 g/mol. The monoisotopic (exact) mass is 549 g/mol. The van der Waals surface area contributed by atoms with Gasteiger partial charge in [-0.25, -0.2) is 0 Å². The molecule has 0 bridgehead atoms. The lowest BCUT2D eigenvalue weighted by Crippen LogP contribution is -2.38. The highest BCUT2D eigenvalue weighted by Gasteiger charge is 2.31. The van der Waals surface area contributed by atoms with Gasteiger partial charge in [0.2, 0.25) is 0 Å². The van der Waals surface area contributed by atoms with Crippen LogP contribution < -0.4 is 15.2 Å². The topological polar surface area (TPSA) is 142 Å². The lowest BCUT2D eigenvalue weighted by molar-refractivity contribution is -0.149. The summed E-state index contributed by atoms with van der Waals surface area (Å²) >= 11 is 0. The normalized spacial score (nSPS) is 15.3. The van der Waals surface area contributed by atoms with Crippen molar-refractivity contribution in [2.45, 2.75) is 106 Å². The van der Waals surface area contributed by atoms with E-state index in [2.05, 4.69) is 0 Å². The van der Waals surface area contributed by atoms with E-state index in [1.165, 1.54) is 12.1 Å². The molecule has 0 saturated carbocycles. The summed E-state index contributed by atoms with van der Waals surface area (Å²) in [7, 11) is 0. The number of carboxylic acids is 1. The number of nitrogens with two attached hydrogens (primary N) is 1. The average molecular weight is 550 g/mol. The molecule has 0 heterocycles. The maximum atomic E-state index is 12.8. The summed E-state index contributed by atoms with van der Waals surface area (Å²) in [5.41, 5.74) is 6.52. The van der Waals surface area contributed by atoms with Gasteiger partial charge in [-0.3, -0.25) is 19.2 Å². The second-order valence-corrected chi connectivity index (χ2v) is 11.1. The standard InChI is InChI=1S/C30H47NO8/c1-9-10-11-12-26(32)37-19(6)15-23(27(31)28(33)34)22-13-14-24(38-29(35)20(7)17(2)3)25(16-22)39-30(36)21(8)18(4)5/h13-14,16-21,23,27H,9-12,15,31H2,1-8H3,(H,33,34)/t19?,20?,21?,23?,27-/m0/s1. The van der Waals surface area contributed by atoms with Crippen LogP contribution in [0.2, 0.25) is 0 Å². The molecule has 0 spiro atoms. The molecule has 39 heavy (non-hydrogen) atoms. The molecule has 1 aromatic rings. The van der Waals surface area contributed by atoms with E-state index in [1.54, 1.807) is 26.8 Å². The first-order valence-electron chi connectivity index (χ1n) is 13.9. The summed E-state index contributed by atoms with van der Waals surface area (Å²) in [5, 5.41) is 9.70. The molecule has 0 amide bonds. The van der Waals surface area contributed by atoms with Crippen molar-refractivity contribution in [2.24, 2.45) is 29.4 Å². The van der Waals surface area contributed by atoms with Crippen LogP contribution in [0.15, 0.2) is 18.2 Å². The van der Waals surface area contributed by atoms with E-state index in [-0.39, 0.29) is 42.1 Å². The Morgan fingerprint density at radius 2 is 1.38 bits per heavy atom. The Kier molecular flexibility index (Phi) is 14.2. The van der Waals surface area contributed by atoms with E-state index < -0.39 is 47.8 Å². The van der Waals surface area contributed by atoms with Crippen molar-refractivity contribution in [1.82, 2.24) is 0 Å². The molecule has 1 rings (SSSR count). The smallest absolute Gasteiger partial charge is 0.321 e. The molecule has 0 aliphatic carbocycles. The van der Waals surface area contributed by atoms with Crippen LogP contribution in [0.25, 0.3) is 0 Å². The van der Waals surface area contributed by atoms with Crippen molar-refractivity contribution in [1.29, 1.82) is 0 Å². The van der Waals surface area contributed by atoms with Crippen molar-refractivity contribution < 1.29 is 38.5 Å². The predicted octanol–water partition coefficient (Wildman–Crippen LogP) is 5.48. The molecule has 4 unspecified atom stereocenters. The van der Waals surface area contributed by atoms with Crippen LogP contribution >= 0.6 is 0 Å². The third kappa shape index (κ3) is 11.0. The number of ether oxygens (including phenoxy) is 3. The van der Waals surface area contributed by atoms with E-state index in [0.717, 1.165) is 19.3 Å². The molecule has 1 aromatic carbocycles. The van der Waals surface area contributed by atoms with Crippen LogP contribution in [0.4, 0.5) is 0 Å². The van der Waals surface area contributed by atoms with Gasteiger partial charge >= 0.3 is 23.9 Å². The van der Waals surface area contributed by atoms with Crippen molar-refractivity contribution in [3.05, 3.63) is 23.8 Å². The Hall–Kier alpha value is -2.94. The van der Waals surface area contributed by atoms with Crippen LogP contribution in [-0.4, -0.2) is 41.1 Å². The summed E-state index contributed by atoms with van der Waals surface area (Å²) in [5.74, 6) is -4.08. The molecule has 9 nitrogen and oxygen atoms in total. The van der Waals surface area contributed by atoms with Crippen molar-refractivity contribution in [3.63, 3.8) is 0 Å². The summed E-state index contributed by atoms with van der Waals surface area (Å²) in [6.45, 7) is 14.8. The van der Waals surface area contributed by atoms with Gasteiger partial charge in [0.25, 0.3) is 0 Å². The first-order valence-corrected chi connectivity index (χ1v) is 13.9. The minimum Gasteiger partial charge on any atom is -0.480 e. The zero-order chi connectivity index (χ0) is 29.9. The van der Waals surface area contributed by atoms with Crippen molar-refractivity contribution in [3.8, 4) is 11.5 Å². The van der Waals surface area contributed by atoms with Crippen molar-refractivity contribution in [2.75, 3.05) is 0 Å². The third-order valence-electron chi connectivity index (χ3n) is 7.18. The van der Waals surface area contributed by atoms with Gasteiger partial charge in [0.15, 0.2) is 11.5 Å².